The van der Waals surface area contributed by atoms with Crippen molar-refractivity contribution in [2.24, 2.45) is 0 Å². The molecule has 4 rings (SSSR count). The molecular formula is C21H20N6O. The van der Waals surface area contributed by atoms with Crippen LogP contribution in [-0.4, -0.2) is 30.6 Å². The van der Waals surface area contributed by atoms with Gasteiger partial charge in [-0.25, -0.2) is 14.6 Å². The molecule has 0 aliphatic heterocycles. The molecule has 0 radical (unpaired) electrons. The van der Waals surface area contributed by atoms with E-state index in [-0.39, 0.29) is 11.9 Å². The van der Waals surface area contributed by atoms with Crippen molar-refractivity contribution in [3.63, 3.8) is 0 Å². The average molecular weight is 372 g/mol. The molecule has 1 unspecified atom stereocenters. The van der Waals surface area contributed by atoms with Crippen molar-refractivity contribution < 1.29 is 4.79 Å². The lowest BCUT2D eigenvalue weighted by molar-refractivity contribution is -0.116. The van der Waals surface area contributed by atoms with E-state index in [1.54, 1.807) is 17.2 Å². The number of hydrogen-bond acceptors (Lipinski definition) is 5. The summed E-state index contributed by atoms with van der Waals surface area (Å²) in [4.78, 5) is 25.6. The molecule has 0 saturated carbocycles. The van der Waals surface area contributed by atoms with Crippen molar-refractivity contribution in [3.05, 3.63) is 66.9 Å². The molecule has 7 heteroatoms. The number of para-hydroxylation sites is 2. The van der Waals surface area contributed by atoms with Gasteiger partial charge < -0.3 is 5.32 Å². The predicted octanol–water partition coefficient (Wildman–Crippen LogP) is 3.79. The van der Waals surface area contributed by atoms with E-state index in [0.29, 0.717) is 6.42 Å². The Morgan fingerprint density at radius 3 is 2.79 bits per heavy atom. The van der Waals surface area contributed by atoms with E-state index in [2.05, 4.69) is 25.4 Å². The minimum Gasteiger partial charge on any atom is -0.326 e. The van der Waals surface area contributed by atoms with Gasteiger partial charge in [0.25, 0.3) is 0 Å². The summed E-state index contributed by atoms with van der Waals surface area (Å²) in [5, 5.41) is 7.08. The lowest BCUT2D eigenvalue weighted by atomic mass is 10.1. The summed E-state index contributed by atoms with van der Waals surface area (Å²) in [5.41, 5.74) is 5.12. The number of carbonyl (C=O) groups excluding carboxylic acids is 1. The Kier molecular flexibility index (Phi) is 4.80. The van der Waals surface area contributed by atoms with Gasteiger partial charge in [0.05, 0.1) is 29.0 Å². The first-order valence-corrected chi connectivity index (χ1v) is 9.07. The Bertz CT molecular complexity index is 1120. The summed E-state index contributed by atoms with van der Waals surface area (Å²) in [5.74, 6) is -0.0761. The number of rotatable bonds is 5. The first-order valence-electron chi connectivity index (χ1n) is 9.07. The fourth-order valence-corrected chi connectivity index (χ4v) is 3.02. The van der Waals surface area contributed by atoms with E-state index in [1.807, 2.05) is 56.3 Å². The third kappa shape index (κ3) is 3.73. The number of amides is 1. The maximum absolute atomic E-state index is 12.5. The number of fused-ring (bicyclic) bond motifs is 1. The maximum atomic E-state index is 12.5. The monoisotopic (exact) mass is 372 g/mol. The van der Waals surface area contributed by atoms with Crippen LogP contribution < -0.4 is 5.32 Å². The molecule has 0 saturated heterocycles. The van der Waals surface area contributed by atoms with Crippen LogP contribution in [0.5, 0.6) is 0 Å². The summed E-state index contributed by atoms with van der Waals surface area (Å²) >= 11 is 0. The van der Waals surface area contributed by atoms with Gasteiger partial charge in [-0.15, -0.1) is 0 Å². The highest BCUT2D eigenvalue weighted by Gasteiger charge is 2.13. The molecule has 0 aliphatic rings. The number of anilines is 1. The second kappa shape index (κ2) is 7.56. The Morgan fingerprint density at radius 2 is 2.00 bits per heavy atom. The Morgan fingerprint density at radius 1 is 1.18 bits per heavy atom. The molecule has 1 N–H and O–H groups in total. The zero-order valence-electron chi connectivity index (χ0n) is 15.7. The number of benzene rings is 2. The van der Waals surface area contributed by atoms with Crippen LogP contribution in [0.25, 0.3) is 22.3 Å². The predicted molar refractivity (Wildman–Crippen MR) is 108 cm³/mol. The van der Waals surface area contributed by atoms with Crippen molar-refractivity contribution >= 4 is 22.6 Å². The van der Waals surface area contributed by atoms with Crippen LogP contribution in [0.3, 0.4) is 0 Å². The fraction of sp³-hybridized carbons (Fsp3) is 0.190. The SMILES string of the molecule is Cc1ccc(-c2cnc3ccccc3n2)cc1NC(=O)CC(C)n1cncn1. The number of carbonyl (C=O) groups is 1. The third-order valence-electron chi connectivity index (χ3n) is 4.62. The molecule has 2 heterocycles. The van der Waals surface area contributed by atoms with E-state index in [0.717, 1.165) is 33.5 Å². The average Bonchev–Trinajstić information content (AvgIpc) is 3.24. The Hall–Kier alpha value is -3.61. The van der Waals surface area contributed by atoms with Gasteiger partial charge in [0.15, 0.2) is 0 Å². The lowest BCUT2D eigenvalue weighted by Gasteiger charge is -2.14. The van der Waals surface area contributed by atoms with Gasteiger partial charge in [-0.1, -0.05) is 24.3 Å². The first kappa shape index (κ1) is 17.8. The van der Waals surface area contributed by atoms with Crippen molar-refractivity contribution in [3.8, 4) is 11.3 Å². The third-order valence-corrected chi connectivity index (χ3v) is 4.62. The molecule has 1 amide bonds. The molecule has 7 nitrogen and oxygen atoms in total. The lowest BCUT2D eigenvalue weighted by Crippen LogP contribution is -2.18. The first-order chi connectivity index (χ1) is 13.6. The van der Waals surface area contributed by atoms with Gasteiger partial charge in [-0.3, -0.25) is 9.78 Å². The van der Waals surface area contributed by atoms with E-state index in [9.17, 15) is 4.79 Å². The summed E-state index contributed by atoms with van der Waals surface area (Å²) in [7, 11) is 0. The van der Waals surface area contributed by atoms with Crippen molar-refractivity contribution in [1.29, 1.82) is 0 Å². The van der Waals surface area contributed by atoms with Gasteiger partial charge >= 0.3 is 0 Å². The fourth-order valence-electron chi connectivity index (χ4n) is 3.02. The molecule has 1 atom stereocenters. The normalized spacial score (nSPS) is 12.1. The second-order valence-electron chi connectivity index (χ2n) is 6.75. The van der Waals surface area contributed by atoms with E-state index in [1.165, 1.54) is 6.33 Å². The van der Waals surface area contributed by atoms with Crippen molar-refractivity contribution in [2.75, 3.05) is 5.32 Å². The standard InChI is InChI=1S/C21H20N6O/c1-14-7-8-16(20-11-23-17-5-3-4-6-18(17)25-20)10-19(14)26-21(28)9-15(2)27-13-22-12-24-27/h3-8,10-13,15H,9H2,1-2H3,(H,26,28). The van der Waals surface area contributed by atoms with Gasteiger partial charge in [-0.05, 0) is 37.6 Å². The zero-order chi connectivity index (χ0) is 19.5. The summed E-state index contributed by atoms with van der Waals surface area (Å²) in [6.07, 6.45) is 5.14. The molecule has 140 valence electrons. The number of nitrogens with one attached hydrogen (secondary N) is 1. The zero-order valence-corrected chi connectivity index (χ0v) is 15.7. The van der Waals surface area contributed by atoms with Gasteiger partial charge in [0.2, 0.25) is 5.91 Å². The summed E-state index contributed by atoms with van der Waals surface area (Å²) in [6.45, 7) is 3.90. The highest BCUT2D eigenvalue weighted by Crippen LogP contribution is 2.25. The second-order valence-corrected chi connectivity index (χ2v) is 6.75. The van der Waals surface area contributed by atoms with Gasteiger partial charge in [0.1, 0.15) is 12.7 Å². The minimum atomic E-state index is -0.0761. The molecular weight excluding hydrogens is 352 g/mol. The van der Waals surface area contributed by atoms with Crippen LogP contribution in [-0.2, 0) is 4.79 Å². The smallest absolute Gasteiger partial charge is 0.226 e. The highest BCUT2D eigenvalue weighted by molar-refractivity contribution is 5.92. The molecule has 0 aliphatic carbocycles. The van der Waals surface area contributed by atoms with Crippen LogP contribution in [0.1, 0.15) is 24.9 Å². The molecule has 4 aromatic rings. The number of aryl methyl sites for hydroxylation is 1. The van der Waals surface area contributed by atoms with Gasteiger partial charge in [-0.2, -0.15) is 5.10 Å². The van der Waals surface area contributed by atoms with Crippen LogP contribution >= 0.6 is 0 Å². The Balaban J connectivity index is 1.55. The van der Waals surface area contributed by atoms with Crippen LogP contribution in [0.4, 0.5) is 5.69 Å². The van der Waals surface area contributed by atoms with E-state index >= 15 is 0 Å². The van der Waals surface area contributed by atoms with Crippen LogP contribution in [0.2, 0.25) is 0 Å². The summed E-state index contributed by atoms with van der Waals surface area (Å²) < 4.78 is 1.67. The van der Waals surface area contributed by atoms with E-state index in [4.69, 9.17) is 0 Å². The van der Waals surface area contributed by atoms with E-state index < -0.39 is 0 Å². The quantitative estimate of drug-likeness (QED) is 0.576. The van der Waals surface area contributed by atoms with Crippen molar-refractivity contribution in [1.82, 2.24) is 24.7 Å². The highest BCUT2D eigenvalue weighted by atomic mass is 16.1. The van der Waals surface area contributed by atoms with Crippen molar-refractivity contribution in [2.45, 2.75) is 26.3 Å². The molecule has 28 heavy (non-hydrogen) atoms. The summed E-state index contributed by atoms with van der Waals surface area (Å²) in [6, 6.07) is 13.6. The Labute approximate surface area is 162 Å². The molecule has 2 aromatic heterocycles. The number of aromatic nitrogens is 5. The van der Waals surface area contributed by atoms with Crippen LogP contribution in [0.15, 0.2) is 61.3 Å². The number of nitrogens with zero attached hydrogens (tertiary/aromatic N) is 5. The van der Waals surface area contributed by atoms with Gasteiger partial charge in [0, 0.05) is 17.7 Å². The topological polar surface area (TPSA) is 85.6 Å². The van der Waals surface area contributed by atoms with Crippen LogP contribution in [0, 0.1) is 6.92 Å². The molecule has 0 fully saturated rings. The number of hydrogen-bond donors (Lipinski definition) is 1. The molecule has 0 bridgehead atoms. The largest absolute Gasteiger partial charge is 0.326 e. The molecule has 0 spiro atoms. The minimum absolute atomic E-state index is 0.0719. The maximum Gasteiger partial charge on any atom is 0.226 e. The molecule has 2 aromatic carbocycles.